The van der Waals surface area contributed by atoms with E-state index in [1.54, 1.807) is 0 Å². The highest BCUT2D eigenvalue weighted by Gasteiger charge is 2.19. The molecule has 17 heavy (non-hydrogen) atoms. The average Bonchev–Trinajstić information content (AvgIpc) is 2.34. The molecule has 0 radical (unpaired) electrons. The molecule has 0 unspecified atom stereocenters. The number of aliphatic imine (C=N–C) groups is 1. The Bertz CT molecular complexity index is 446. The van der Waals surface area contributed by atoms with Gasteiger partial charge < -0.3 is 0 Å². The van der Waals surface area contributed by atoms with E-state index in [1.807, 2.05) is 30.3 Å². The normalized spacial score (nSPS) is 12.6. The molecule has 0 aliphatic rings. The van der Waals surface area contributed by atoms with Gasteiger partial charge in [0.05, 0.1) is 4.92 Å². The molecule has 0 amide bonds. The fourth-order valence-corrected chi connectivity index (χ4v) is 2.00. The summed E-state index contributed by atoms with van der Waals surface area (Å²) in [5, 5.41) is 10.9. The third-order valence-electron chi connectivity index (χ3n) is 1.85. The van der Waals surface area contributed by atoms with Gasteiger partial charge in [-0.15, -0.1) is 0 Å². The Hall–Kier alpha value is -1.69. The SMILES string of the molecule is CN=C(Sc1ccccc1)/C(=C\CF)[N+](=O)[O-]. The lowest BCUT2D eigenvalue weighted by Crippen LogP contribution is -2.09. The van der Waals surface area contributed by atoms with Gasteiger partial charge in [0.25, 0.3) is 5.70 Å². The molecule has 0 N–H and O–H groups in total. The van der Waals surface area contributed by atoms with E-state index in [-0.39, 0.29) is 10.7 Å². The monoisotopic (exact) mass is 254 g/mol. The first-order chi connectivity index (χ1) is 8.19. The first-order valence-corrected chi connectivity index (χ1v) is 5.61. The third kappa shape index (κ3) is 3.99. The van der Waals surface area contributed by atoms with E-state index < -0.39 is 11.6 Å². The fraction of sp³-hybridized carbons (Fsp3) is 0.182. The van der Waals surface area contributed by atoms with Gasteiger partial charge in [-0.05, 0) is 12.1 Å². The van der Waals surface area contributed by atoms with Crippen molar-refractivity contribution in [1.29, 1.82) is 0 Å². The van der Waals surface area contributed by atoms with Crippen LogP contribution >= 0.6 is 11.8 Å². The van der Waals surface area contributed by atoms with Crippen molar-refractivity contribution in [3.8, 4) is 0 Å². The van der Waals surface area contributed by atoms with Gasteiger partial charge in [0.15, 0.2) is 5.04 Å². The van der Waals surface area contributed by atoms with Gasteiger partial charge in [-0.25, -0.2) is 4.39 Å². The van der Waals surface area contributed by atoms with Gasteiger partial charge in [-0.2, -0.15) is 0 Å². The van der Waals surface area contributed by atoms with Gasteiger partial charge in [-0.1, -0.05) is 30.0 Å². The molecule has 0 saturated carbocycles. The van der Waals surface area contributed by atoms with Crippen molar-refractivity contribution in [2.75, 3.05) is 13.7 Å². The zero-order chi connectivity index (χ0) is 12.7. The summed E-state index contributed by atoms with van der Waals surface area (Å²) >= 11 is 1.14. The minimum absolute atomic E-state index is 0.193. The van der Waals surface area contributed by atoms with Crippen LogP contribution in [0.1, 0.15) is 0 Å². The number of halogens is 1. The number of alkyl halides is 1. The predicted molar refractivity (Wildman–Crippen MR) is 66.7 cm³/mol. The van der Waals surface area contributed by atoms with Crippen molar-refractivity contribution < 1.29 is 9.31 Å². The summed E-state index contributed by atoms with van der Waals surface area (Å²) in [6.45, 7) is -0.884. The Labute approximate surface area is 102 Å². The fourth-order valence-electron chi connectivity index (χ4n) is 1.13. The van der Waals surface area contributed by atoms with Crippen molar-refractivity contribution in [3.63, 3.8) is 0 Å². The van der Waals surface area contributed by atoms with Crippen LogP contribution in [0.25, 0.3) is 0 Å². The largest absolute Gasteiger partial charge is 0.299 e. The minimum Gasteiger partial charge on any atom is -0.275 e. The molecule has 1 aromatic rings. The van der Waals surface area contributed by atoms with Gasteiger partial charge in [0, 0.05) is 18.0 Å². The molecule has 1 aromatic carbocycles. The van der Waals surface area contributed by atoms with Crippen LogP contribution in [-0.2, 0) is 0 Å². The maximum atomic E-state index is 12.2. The zero-order valence-corrected chi connectivity index (χ0v) is 9.98. The number of hydrogen-bond acceptors (Lipinski definition) is 4. The Morgan fingerprint density at radius 1 is 1.53 bits per heavy atom. The molecule has 90 valence electrons. The van der Waals surface area contributed by atoms with E-state index >= 15 is 0 Å². The molecule has 4 nitrogen and oxygen atoms in total. The molecule has 0 bridgehead atoms. The maximum Gasteiger partial charge on any atom is 0.299 e. The summed E-state index contributed by atoms with van der Waals surface area (Å²) in [7, 11) is 1.45. The van der Waals surface area contributed by atoms with Crippen molar-refractivity contribution in [2.45, 2.75) is 4.90 Å². The van der Waals surface area contributed by atoms with Crippen LogP contribution in [0.4, 0.5) is 4.39 Å². The van der Waals surface area contributed by atoms with Gasteiger partial charge >= 0.3 is 0 Å². The van der Waals surface area contributed by atoms with Crippen LogP contribution in [0.2, 0.25) is 0 Å². The molecule has 0 aromatic heterocycles. The molecular formula is C11H11FN2O2S. The van der Waals surface area contributed by atoms with Gasteiger partial charge in [0.2, 0.25) is 0 Å². The standard InChI is InChI=1S/C11H11FN2O2S/c1-13-11(10(7-8-12)14(15)16)17-9-5-3-2-4-6-9/h2-7H,8H2,1H3/b10-7+,13-11?. The Kier molecular flexibility index (Phi) is 5.35. The van der Waals surface area contributed by atoms with Crippen molar-refractivity contribution >= 4 is 16.8 Å². The second-order valence-electron chi connectivity index (χ2n) is 2.94. The molecule has 0 aliphatic carbocycles. The molecule has 0 atom stereocenters. The topological polar surface area (TPSA) is 55.5 Å². The number of hydrogen-bond donors (Lipinski definition) is 0. The van der Waals surface area contributed by atoms with Crippen molar-refractivity contribution in [3.05, 3.63) is 52.2 Å². The Morgan fingerprint density at radius 3 is 2.65 bits per heavy atom. The molecule has 0 saturated heterocycles. The predicted octanol–water partition coefficient (Wildman–Crippen LogP) is 2.94. The lowest BCUT2D eigenvalue weighted by atomic mass is 10.4. The summed E-state index contributed by atoms with van der Waals surface area (Å²) in [4.78, 5) is 14.8. The Morgan fingerprint density at radius 2 is 2.18 bits per heavy atom. The van der Waals surface area contributed by atoms with Crippen LogP contribution in [0.15, 0.2) is 52.0 Å². The van der Waals surface area contributed by atoms with Gasteiger partial charge in [0.1, 0.15) is 6.67 Å². The van der Waals surface area contributed by atoms with E-state index in [1.165, 1.54) is 7.05 Å². The smallest absolute Gasteiger partial charge is 0.275 e. The molecule has 6 heteroatoms. The van der Waals surface area contributed by atoms with E-state index in [0.29, 0.717) is 0 Å². The van der Waals surface area contributed by atoms with Crippen molar-refractivity contribution in [2.24, 2.45) is 4.99 Å². The van der Waals surface area contributed by atoms with E-state index in [9.17, 15) is 14.5 Å². The van der Waals surface area contributed by atoms with E-state index in [2.05, 4.69) is 4.99 Å². The molecular weight excluding hydrogens is 243 g/mol. The molecule has 0 spiro atoms. The number of thioether (sulfide) groups is 1. The number of rotatable bonds is 4. The quantitative estimate of drug-likeness (QED) is 0.273. The van der Waals surface area contributed by atoms with E-state index in [0.717, 1.165) is 22.7 Å². The molecule has 0 aliphatic heterocycles. The number of nitro groups is 1. The highest BCUT2D eigenvalue weighted by Crippen LogP contribution is 2.23. The first kappa shape index (κ1) is 13.4. The summed E-state index contributed by atoms with van der Waals surface area (Å²) in [6, 6.07) is 9.10. The van der Waals surface area contributed by atoms with Gasteiger partial charge in [-0.3, -0.25) is 15.1 Å². The summed E-state index contributed by atoms with van der Waals surface area (Å²) in [5.41, 5.74) is -0.302. The summed E-state index contributed by atoms with van der Waals surface area (Å²) in [5.74, 6) is 0. The highest BCUT2D eigenvalue weighted by molar-refractivity contribution is 8.14. The average molecular weight is 254 g/mol. The van der Waals surface area contributed by atoms with Crippen LogP contribution in [0, 0.1) is 10.1 Å². The van der Waals surface area contributed by atoms with Crippen molar-refractivity contribution in [1.82, 2.24) is 0 Å². The summed E-state index contributed by atoms with van der Waals surface area (Å²) < 4.78 is 12.2. The highest BCUT2D eigenvalue weighted by atomic mass is 32.2. The van der Waals surface area contributed by atoms with Crippen LogP contribution < -0.4 is 0 Å². The Balaban J connectivity index is 2.93. The number of nitrogens with zero attached hydrogens (tertiary/aromatic N) is 2. The second-order valence-corrected chi connectivity index (χ2v) is 4.01. The number of allylic oxidation sites excluding steroid dienone is 1. The maximum absolute atomic E-state index is 12.2. The first-order valence-electron chi connectivity index (χ1n) is 4.79. The third-order valence-corrected chi connectivity index (χ3v) is 2.94. The van der Waals surface area contributed by atoms with Crippen LogP contribution in [0.5, 0.6) is 0 Å². The van der Waals surface area contributed by atoms with Crippen LogP contribution in [0.3, 0.4) is 0 Å². The summed E-state index contributed by atoms with van der Waals surface area (Å²) in [6.07, 6.45) is 0.915. The molecule has 0 fully saturated rings. The zero-order valence-electron chi connectivity index (χ0n) is 9.17. The lowest BCUT2D eigenvalue weighted by Gasteiger charge is -2.02. The minimum atomic E-state index is -0.884. The molecule has 1 rings (SSSR count). The van der Waals surface area contributed by atoms with E-state index in [4.69, 9.17) is 0 Å². The van der Waals surface area contributed by atoms with Crippen LogP contribution in [-0.4, -0.2) is 23.7 Å². The molecule has 0 heterocycles. The number of benzene rings is 1. The second kappa shape index (κ2) is 6.80. The lowest BCUT2D eigenvalue weighted by molar-refractivity contribution is -0.414.